The van der Waals surface area contributed by atoms with Crippen molar-refractivity contribution in [3.63, 3.8) is 0 Å². The summed E-state index contributed by atoms with van der Waals surface area (Å²) in [6.45, 7) is 17.8. The molecule has 0 radical (unpaired) electrons. The van der Waals surface area contributed by atoms with E-state index in [1.807, 2.05) is 12.4 Å². The Hall–Kier alpha value is -2.48. The lowest BCUT2D eigenvalue weighted by atomic mass is 9.85. The van der Waals surface area contributed by atoms with Crippen LogP contribution < -0.4 is 0 Å². The van der Waals surface area contributed by atoms with Crippen LogP contribution in [0.15, 0.2) is 48.8 Å². The number of nitrogens with zero attached hydrogens (tertiary/aromatic N) is 2. The van der Waals surface area contributed by atoms with Crippen LogP contribution in [0.25, 0.3) is 22.5 Å². The third-order valence-corrected chi connectivity index (χ3v) is 5.38. The highest BCUT2D eigenvalue weighted by atomic mass is 14.7. The van der Waals surface area contributed by atoms with E-state index in [-0.39, 0.29) is 10.8 Å². The minimum Gasteiger partial charge on any atom is -0.256 e. The van der Waals surface area contributed by atoms with E-state index in [2.05, 4.69) is 102 Å². The van der Waals surface area contributed by atoms with Crippen molar-refractivity contribution < 1.29 is 0 Å². The monoisotopic (exact) mass is 372 g/mol. The summed E-state index contributed by atoms with van der Waals surface area (Å²) in [5.41, 5.74) is 9.74. The summed E-state index contributed by atoms with van der Waals surface area (Å²) in [5, 5.41) is 0. The summed E-state index contributed by atoms with van der Waals surface area (Å²) in [5.74, 6) is 0. The molecule has 2 aromatic heterocycles. The Labute approximate surface area is 170 Å². The molecule has 0 aliphatic heterocycles. The van der Waals surface area contributed by atoms with Crippen molar-refractivity contribution in [2.24, 2.45) is 0 Å². The first-order valence-electron chi connectivity index (χ1n) is 10.0. The lowest BCUT2D eigenvalue weighted by Crippen LogP contribution is -2.11. The van der Waals surface area contributed by atoms with Crippen molar-refractivity contribution in [1.29, 1.82) is 0 Å². The van der Waals surface area contributed by atoms with E-state index in [4.69, 9.17) is 0 Å². The molecule has 28 heavy (non-hydrogen) atoms. The quantitative estimate of drug-likeness (QED) is 0.483. The fourth-order valence-electron chi connectivity index (χ4n) is 3.46. The molecule has 2 heterocycles. The summed E-state index contributed by atoms with van der Waals surface area (Å²) in [6.07, 6.45) is 3.85. The van der Waals surface area contributed by atoms with Crippen LogP contribution in [-0.4, -0.2) is 9.97 Å². The highest BCUT2D eigenvalue weighted by Crippen LogP contribution is 2.33. The average Bonchev–Trinajstić information content (AvgIpc) is 2.62. The van der Waals surface area contributed by atoms with Gasteiger partial charge in [0.15, 0.2) is 0 Å². The van der Waals surface area contributed by atoms with Gasteiger partial charge in [-0.1, -0.05) is 41.5 Å². The Morgan fingerprint density at radius 2 is 0.929 bits per heavy atom. The minimum atomic E-state index is 0.109. The summed E-state index contributed by atoms with van der Waals surface area (Å²) < 4.78 is 0. The number of benzene rings is 1. The molecule has 146 valence electrons. The van der Waals surface area contributed by atoms with Gasteiger partial charge in [0, 0.05) is 23.5 Å². The van der Waals surface area contributed by atoms with Gasteiger partial charge in [-0.3, -0.25) is 9.97 Å². The normalized spacial score (nSPS) is 12.3. The standard InChI is InChI=1S/C26H32N2/c1-17-13-22(24-16-20(10-12-28-24)26(6,7)8)18(2)14-21(17)23-15-19(9-11-27-23)25(3,4)5/h9-16H,1-8H3. The van der Waals surface area contributed by atoms with E-state index in [9.17, 15) is 0 Å². The minimum absolute atomic E-state index is 0.109. The number of hydrogen-bond donors (Lipinski definition) is 0. The highest BCUT2D eigenvalue weighted by molar-refractivity contribution is 5.74. The van der Waals surface area contributed by atoms with Crippen molar-refractivity contribution in [1.82, 2.24) is 9.97 Å². The van der Waals surface area contributed by atoms with E-state index >= 15 is 0 Å². The third-order valence-electron chi connectivity index (χ3n) is 5.38. The number of pyridine rings is 2. The molecular formula is C26H32N2. The molecule has 0 aliphatic carbocycles. The molecule has 3 aromatic rings. The molecule has 0 saturated carbocycles. The molecule has 2 heteroatoms. The zero-order valence-corrected chi connectivity index (χ0v) is 18.5. The maximum atomic E-state index is 4.66. The Bertz CT molecular complexity index is 918. The van der Waals surface area contributed by atoms with Crippen LogP contribution >= 0.6 is 0 Å². The molecule has 0 fully saturated rings. The molecular weight excluding hydrogens is 340 g/mol. The van der Waals surface area contributed by atoms with Crippen molar-refractivity contribution >= 4 is 0 Å². The molecule has 0 unspecified atom stereocenters. The summed E-state index contributed by atoms with van der Waals surface area (Å²) in [4.78, 5) is 9.32. The van der Waals surface area contributed by atoms with Gasteiger partial charge in [-0.15, -0.1) is 0 Å². The first kappa shape index (κ1) is 20.3. The van der Waals surface area contributed by atoms with E-state index < -0.39 is 0 Å². The maximum absolute atomic E-state index is 4.66. The van der Waals surface area contributed by atoms with Crippen LogP contribution in [0.3, 0.4) is 0 Å². The largest absolute Gasteiger partial charge is 0.256 e. The molecule has 0 saturated heterocycles. The van der Waals surface area contributed by atoms with Crippen LogP contribution in [0.5, 0.6) is 0 Å². The van der Waals surface area contributed by atoms with E-state index in [1.165, 1.54) is 33.4 Å². The van der Waals surface area contributed by atoms with Gasteiger partial charge in [-0.2, -0.15) is 0 Å². The smallest absolute Gasteiger partial charge is 0.0707 e. The number of hydrogen-bond acceptors (Lipinski definition) is 2. The Kier molecular flexibility index (Phi) is 5.18. The van der Waals surface area contributed by atoms with Crippen molar-refractivity contribution in [3.8, 4) is 22.5 Å². The molecule has 1 aromatic carbocycles. The fraction of sp³-hybridized carbons (Fsp3) is 0.385. The SMILES string of the molecule is Cc1cc(-c2cc(C(C)(C)C)ccn2)c(C)cc1-c1cc(C(C)(C)C)ccn1. The molecule has 0 amide bonds. The molecule has 3 rings (SSSR count). The predicted molar refractivity (Wildman–Crippen MR) is 120 cm³/mol. The first-order valence-corrected chi connectivity index (χ1v) is 10.0. The Balaban J connectivity index is 2.08. The van der Waals surface area contributed by atoms with Crippen LogP contribution in [0.1, 0.15) is 63.8 Å². The van der Waals surface area contributed by atoms with Crippen LogP contribution in [-0.2, 0) is 10.8 Å². The molecule has 0 spiro atoms. The highest BCUT2D eigenvalue weighted by Gasteiger charge is 2.18. The van der Waals surface area contributed by atoms with Gasteiger partial charge in [0.05, 0.1) is 11.4 Å². The fourth-order valence-corrected chi connectivity index (χ4v) is 3.46. The lowest BCUT2D eigenvalue weighted by Gasteiger charge is -2.21. The van der Waals surface area contributed by atoms with Gasteiger partial charge in [0.2, 0.25) is 0 Å². The zero-order chi connectivity index (χ0) is 20.7. The molecule has 0 aliphatic rings. The lowest BCUT2D eigenvalue weighted by molar-refractivity contribution is 0.589. The van der Waals surface area contributed by atoms with Gasteiger partial charge in [0.25, 0.3) is 0 Å². The van der Waals surface area contributed by atoms with Gasteiger partial charge in [0.1, 0.15) is 0 Å². The zero-order valence-electron chi connectivity index (χ0n) is 18.5. The van der Waals surface area contributed by atoms with E-state index in [0.29, 0.717) is 0 Å². The average molecular weight is 373 g/mol. The van der Waals surface area contributed by atoms with Gasteiger partial charge in [-0.25, -0.2) is 0 Å². The van der Waals surface area contributed by atoms with Gasteiger partial charge < -0.3 is 0 Å². The second-order valence-corrected chi connectivity index (χ2v) is 9.84. The second kappa shape index (κ2) is 7.16. The van der Waals surface area contributed by atoms with Crippen molar-refractivity contribution in [3.05, 3.63) is 71.0 Å². The Morgan fingerprint density at radius 3 is 1.25 bits per heavy atom. The van der Waals surface area contributed by atoms with E-state index in [1.54, 1.807) is 0 Å². The number of rotatable bonds is 2. The Morgan fingerprint density at radius 1 is 0.571 bits per heavy atom. The maximum Gasteiger partial charge on any atom is 0.0707 e. The van der Waals surface area contributed by atoms with Gasteiger partial charge in [-0.05, 0) is 83.3 Å². The molecule has 0 atom stereocenters. The van der Waals surface area contributed by atoms with Crippen LogP contribution in [0.4, 0.5) is 0 Å². The molecule has 0 N–H and O–H groups in total. The summed E-state index contributed by atoms with van der Waals surface area (Å²) in [6, 6.07) is 13.2. The van der Waals surface area contributed by atoms with Gasteiger partial charge >= 0.3 is 0 Å². The molecule has 0 bridgehead atoms. The van der Waals surface area contributed by atoms with Crippen molar-refractivity contribution in [2.45, 2.75) is 66.2 Å². The summed E-state index contributed by atoms with van der Waals surface area (Å²) >= 11 is 0. The predicted octanol–water partition coefficient (Wildman–Crippen LogP) is 7.02. The van der Waals surface area contributed by atoms with Crippen LogP contribution in [0, 0.1) is 13.8 Å². The third kappa shape index (κ3) is 4.16. The number of aromatic nitrogens is 2. The topological polar surface area (TPSA) is 25.8 Å². The first-order chi connectivity index (χ1) is 13.0. The summed E-state index contributed by atoms with van der Waals surface area (Å²) in [7, 11) is 0. The number of aryl methyl sites for hydroxylation is 2. The van der Waals surface area contributed by atoms with Crippen molar-refractivity contribution in [2.75, 3.05) is 0 Å². The van der Waals surface area contributed by atoms with Crippen LogP contribution in [0.2, 0.25) is 0 Å². The molecule has 2 nitrogen and oxygen atoms in total. The second-order valence-electron chi connectivity index (χ2n) is 9.84. The van der Waals surface area contributed by atoms with E-state index in [0.717, 1.165) is 11.4 Å².